The van der Waals surface area contributed by atoms with Crippen LogP contribution in [0.1, 0.15) is 0 Å². The van der Waals surface area contributed by atoms with Gasteiger partial charge in [0.1, 0.15) is 5.82 Å². The van der Waals surface area contributed by atoms with Crippen LogP contribution in [0, 0.1) is 5.82 Å². The number of carbonyl (C=O) groups is 1. The zero-order valence-electron chi connectivity index (χ0n) is 11.5. The first-order chi connectivity index (χ1) is 11.1. The molecule has 2 aromatic heterocycles. The van der Waals surface area contributed by atoms with E-state index in [1.165, 1.54) is 29.5 Å². The van der Waals surface area contributed by atoms with Crippen molar-refractivity contribution in [2.24, 2.45) is 0 Å². The molecule has 3 aromatic rings. The molecule has 1 amide bonds. The van der Waals surface area contributed by atoms with Gasteiger partial charge in [-0.2, -0.15) is 0 Å². The number of carbonyl (C=O) groups excluding carboxylic acids is 1. The van der Waals surface area contributed by atoms with Crippen LogP contribution in [0.15, 0.2) is 45.4 Å². The van der Waals surface area contributed by atoms with Crippen LogP contribution in [0.3, 0.4) is 0 Å². The highest BCUT2D eigenvalue weighted by Crippen LogP contribution is 2.26. The van der Waals surface area contributed by atoms with Gasteiger partial charge in [0, 0.05) is 5.02 Å². The summed E-state index contributed by atoms with van der Waals surface area (Å²) in [4.78, 5) is 12.7. The zero-order chi connectivity index (χ0) is 16.2. The molecule has 0 radical (unpaired) electrons. The van der Waals surface area contributed by atoms with Gasteiger partial charge in [0.2, 0.25) is 5.91 Å². The highest BCUT2D eigenvalue weighted by Gasteiger charge is 2.13. The Balaban J connectivity index is 1.58. The summed E-state index contributed by atoms with van der Waals surface area (Å²) >= 11 is 8.32. The van der Waals surface area contributed by atoms with Crippen molar-refractivity contribution in [1.29, 1.82) is 0 Å². The lowest BCUT2D eigenvalue weighted by Crippen LogP contribution is -2.15. The molecule has 0 aliphatic rings. The van der Waals surface area contributed by atoms with Gasteiger partial charge in [-0.25, -0.2) is 4.39 Å². The summed E-state index contributed by atoms with van der Waals surface area (Å²) in [6, 6.07) is 7.69. The smallest absolute Gasteiger partial charge is 0.277 e. The van der Waals surface area contributed by atoms with Crippen LogP contribution in [0.2, 0.25) is 5.02 Å². The average Bonchev–Trinajstić information content (AvgIpc) is 3.19. The molecule has 1 N–H and O–H groups in total. The number of hydrogen-bond acceptors (Lipinski definition) is 6. The Labute approximate surface area is 143 Å². The Morgan fingerprint density at radius 3 is 3.04 bits per heavy atom. The summed E-state index contributed by atoms with van der Waals surface area (Å²) < 4.78 is 19.0. The van der Waals surface area contributed by atoms with Gasteiger partial charge in [-0.3, -0.25) is 4.79 Å². The summed E-state index contributed by atoms with van der Waals surface area (Å²) in [5, 5.41) is 12.7. The Hall–Kier alpha value is -1.90. The van der Waals surface area contributed by atoms with Crippen molar-refractivity contribution < 1.29 is 13.6 Å². The largest absolute Gasteiger partial charge is 0.410 e. The standard InChI is InChI=1S/C14H9ClFN3O2S2/c15-8-3-4-9(16)10(6-8)17-12(20)7-23-14-19-18-13(21-14)11-2-1-5-22-11/h1-6H,7H2,(H,17,20). The molecule has 118 valence electrons. The van der Waals surface area contributed by atoms with Crippen LogP contribution in [0.25, 0.3) is 10.8 Å². The maximum Gasteiger partial charge on any atom is 0.277 e. The fraction of sp³-hybridized carbons (Fsp3) is 0.0714. The molecule has 9 heteroatoms. The van der Waals surface area contributed by atoms with Gasteiger partial charge < -0.3 is 9.73 Å². The molecule has 23 heavy (non-hydrogen) atoms. The summed E-state index contributed by atoms with van der Waals surface area (Å²) in [5.74, 6) is -0.528. The van der Waals surface area contributed by atoms with Crippen LogP contribution in [0.5, 0.6) is 0 Å². The zero-order valence-corrected chi connectivity index (χ0v) is 13.8. The van der Waals surface area contributed by atoms with E-state index in [0.29, 0.717) is 10.9 Å². The van der Waals surface area contributed by atoms with Crippen LogP contribution in [0.4, 0.5) is 10.1 Å². The third kappa shape index (κ3) is 4.10. The van der Waals surface area contributed by atoms with Crippen molar-refractivity contribution in [3.05, 3.63) is 46.6 Å². The van der Waals surface area contributed by atoms with Gasteiger partial charge >= 0.3 is 0 Å². The summed E-state index contributed by atoms with van der Waals surface area (Å²) in [7, 11) is 0. The molecule has 0 spiro atoms. The third-order valence-corrected chi connectivity index (χ3v) is 4.58. The highest BCUT2D eigenvalue weighted by atomic mass is 35.5. The normalized spacial score (nSPS) is 10.7. The molecule has 0 unspecified atom stereocenters. The monoisotopic (exact) mass is 369 g/mol. The minimum Gasteiger partial charge on any atom is -0.410 e. The number of halogens is 2. The molecule has 0 saturated heterocycles. The second-order valence-corrected chi connectivity index (χ2v) is 6.62. The first-order valence-corrected chi connectivity index (χ1v) is 8.61. The molecule has 2 heterocycles. The van der Waals surface area contributed by atoms with Gasteiger partial charge in [-0.05, 0) is 29.6 Å². The van der Waals surface area contributed by atoms with E-state index in [1.807, 2.05) is 17.5 Å². The van der Waals surface area contributed by atoms with Crippen molar-refractivity contribution in [2.45, 2.75) is 5.22 Å². The van der Waals surface area contributed by atoms with E-state index < -0.39 is 11.7 Å². The SMILES string of the molecule is O=C(CSc1nnc(-c2cccs2)o1)Nc1cc(Cl)ccc1F. The quantitative estimate of drug-likeness (QED) is 0.678. The highest BCUT2D eigenvalue weighted by molar-refractivity contribution is 7.99. The number of nitrogens with one attached hydrogen (secondary N) is 1. The first kappa shape index (κ1) is 16.0. The first-order valence-electron chi connectivity index (χ1n) is 6.37. The number of anilines is 1. The van der Waals surface area contributed by atoms with Crippen LogP contribution in [-0.4, -0.2) is 21.9 Å². The van der Waals surface area contributed by atoms with E-state index in [2.05, 4.69) is 15.5 Å². The van der Waals surface area contributed by atoms with E-state index >= 15 is 0 Å². The molecule has 0 fully saturated rings. The fourth-order valence-corrected chi connectivity index (χ4v) is 3.05. The number of nitrogens with zero attached hydrogens (tertiary/aromatic N) is 2. The van der Waals surface area contributed by atoms with Gasteiger partial charge in [0.25, 0.3) is 11.1 Å². The van der Waals surface area contributed by atoms with Crippen LogP contribution in [-0.2, 0) is 4.79 Å². The van der Waals surface area contributed by atoms with Crippen molar-refractivity contribution >= 4 is 46.3 Å². The van der Waals surface area contributed by atoms with E-state index in [1.54, 1.807) is 0 Å². The molecule has 1 aromatic carbocycles. The molecule has 0 atom stereocenters. The maximum atomic E-state index is 13.5. The Kier molecular flexibility index (Phi) is 4.94. The predicted molar refractivity (Wildman–Crippen MR) is 88.4 cm³/mol. The van der Waals surface area contributed by atoms with Crippen LogP contribution < -0.4 is 5.32 Å². The number of benzene rings is 1. The number of thioether (sulfide) groups is 1. The van der Waals surface area contributed by atoms with Crippen molar-refractivity contribution in [3.8, 4) is 10.8 Å². The Bertz CT molecular complexity index is 823. The topological polar surface area (TPSA) is 68.0 Å². The van der Waals surface area contributed by atoms with E-state index in [0.717, 1.165) is 16.6 Å². The van der Waals surface area contributed by atoms with E-state index in [4.69, 9.17) is 16.0 Å². The van der Waals surface area contributed by atoms with Gasteiger partial charge in [0.15, 0.2) is 0 Å². The molecule has 0 bridgehead atoms. The van der Waals surface area contributed by atoms with E-state index in [-0.39, 0.29) is 16.7 Å². The number of amides is 1. The Morgan fingerprint density at radius 1 is 1.39 bits per heavy atom. The lowest BCUT2D eigenvalue weighted by molar-refractivity contribution is -0.113. The fourth-order valence-electron chi connectivity index (χ4n) is 1.67. The lowest BCUT2D eigenvalue weighted by atomic mass is 10.3. The van der Waals surface area contributed by atoms with Gasteiger partial charge in [-0.15, -0.1) is 21.5 Å². The summed E-state index contributed by atoms with van der Waals surface area (Å²) in [5.41, 5.74) is 0.0351. The van der Waals surface area contributed by atoms with Gasteiger partial charge in [-0.1, -0.05) is 29.4 Å². The Morgan fingerprint density at radius 2 is 2.26 bits per heavy atom. The minimum absolute atomic E-state index is 0.0119. The lowest BCUT2D eigenvalue weighted by Gasteiger charge is -2.05. The molecule has 3 rings (SSSR count). The third-order valence-electron chi connectivity index (χ3n) is 2.67. The molecule has 0 saturated carbocycles. The minimum atomic E-state index is -0.550. The number of hydrogen-bond donors (Lipinski definition) is 1. The van der Waals surface area contributed by atoms with Crippen molar-refractivity contribution in [1.82, 2.24) is 10.2 Å². The second kappa shape index (κ2) is 7.12. The maximum absolute atomic E-state index is 13.5. The molecule has 0 aliphatic carbocycles. The molecular weight excluding hydrogens is 361 g/mol. The summed E-state index contributed by atoms with van der Waals surface area (Å²) in [6.07, 6.45) is 0. The van der Waals surface area contributed by atoms with Crippen molar-refractivity contribution in [3.63, 3.8) is 0 Å². The number of rotatable bonds is 5. The van der Waals surface area contributed by atoms with Gasteiger partial charge in [0.05, 0.1) is 16.3 Å². The summed E-state index contributed by atoms with van der Waals surface area (Å²) in [6.45, 7) is 0. The second-order valence-electron chi connectivity index (χ2n) is 4.31. The number of aromatic nitrogens is 2. The molecule has 0 aliphatic heterocycles. The molecule has 5 nitrogen and oxygen atoms in total. The van der Waals surface area contributed by atoms with Crippen LogP contribution >= 0.6 is 34.7 Å². The molecular formula is C14H9ClFN3O2S2. The predicted octanol–water partition coefficient (Wildman–Crippen LogP) is 4.32. The average molecular weight is 370 g/mol. The van der Waals surface area contributed by atoms with E-state index in [9.17, 15) is 9.18 Å². The number of thiophene rings is 1. The van der Waals surface area contributed by atoms with Crippen molar-refractivity contribution in [2.75, 3.05) is 11.1 Å².